The third kappa shape index (κ3) is 6.30. The Hall–Kier alpha value is -0.470. The molecule has 2 fully saturated rings. The zero-order chi connectivity index (χ0) is 17.5. The second kappa shape index (κ2) is 10.8. The van der Waals surface area contributed by atoms with Gasteiger partial charge in [-0.1, -0.05) is 18.2 Å². The summed E-state index contributed by atoms with van der Waals surface area (Å²) in [6.45, 7) is 8.94. The van der Waals surface area contributed by atoms with Crippen molar-refractivity contribution in [1.82, 2.24) is 10.2 Å². The van der Waals surface area contributed by atoms with E-state index in [1.165, 1.54) is 17.7 Å². The SMILES string of the molecule is CCNC(=NCC1(Sc2ccccc2)CC1)N1CCC(OCC)CC1.I. The predicted octanol–water partition coefficient (Wildman–Crippen LogP) is 4.40. The average molecular weight is 489 g/mol. The largest absolute Gasteiger partial charge is 0.378 e. The molecule has 1 saturated heterocycles. The first-order valence-corrected chi connectivity index (χ1v) is 10.5. The number of thioether (sulfide) groups is 1. The van der Waals surface area contributed by atoms with E-state index in [1.807, 2.05) is 11.8 Å². The van der Waals surface area contributed by atoms with E-state index in [0.717, 1.165) is 51.6 Å². The van der Waals surface area contributed by atoms with E-state index in [0.29, 0.717) is 10.9 Å². The Morgan fingerprint density at radius 3 is 2.50 bits per heavy atom. The summed E-state index contributed by atoms with van der Waals surface area (Å²) in [6, 6.07) is 10.7. The molecule has 0 radical (unpaired) electrons. The van der Waals surface area contributed by atoms with Crippen molar-refractivity contribution in [3.05, 3.63) is 30.3 Å². The van der Waals surface area contributed by atoms with Crippen LogP contribution in [0.3, 0.4) is 0 Å². The quantitative estimate of drug-likeness (QED) is 0.350. The summed E-state index contributed by atoms with van der Waals surface area (Å²) in [5.41, 5.74) is 0. The molecule has 3 rings (SSSR count). The van der Waals surface area contributed by atoms with Crippen LogP contribution in [-0.2, 0) is 4.74 Å². The van der Waals surface area contributed by atoms with Crippen LogP contribution in [0.15, 0.2) is 40.2 Å². The Labute approximate surface area is 179 Å². The lowest BCUT2D eigenvalue weighted by molar-refractivity contribution is 0.0264. The first-order chi connectivity index (χ1) is 12.2. The summed E-state index contributed by atoms with van der Waals surface area (Å²) < 4.78 is 6.08. The van der Waals surface area contributed by atoms with Crippen LogP contribution in [0.4, 0.5) is 0 Å². The van der Waals surface area contributed by atoms with Crippen molar-refractivity contribution in [2.45, 2.75) is 55.3 Å². The number of likely N-dealkylation sites (tertiary alicyclic amines) is 1. The number of ether oxygens (including phenoxy) is 1. The molecular formula is C20H32IN3OS. The molecule has 2 aliphatic rings. The van der Waals surface area contributed by atoms with Gasteiger partial charge >= 0.3 is 0 Å². The Bertz CT molecular complexity index is 557. The fourth-order valence-electron chi connectivity index (χ4n) is 3.29. The number of rotatable bonds is 7. The van der Waals surface area contributed by atoms with Crippen LogP contribution in [0.1, 0.15) is 39.5 Å². The lowest BCUT2D eigenvalue weighted by Gasteiger charge is -2.34. The molecular weight excluding hydrogens is 457 g/mol. The highest BCUT2D eigenvalue weighted by atomic mass is 127. The minimum atomic E-state index is 0. The number of hydrogen-bond donors (Lipinski definition) is 1. The number of nitrogens with one attached hydrogen (secondary N) is 1. The Kier molecular flexibility index (Phi) is 9.03. The van der Waals surface area contributed by atoms with Crippen molar-refractivity contribution >= 4 is 41.7 Å². The molecule has 1 aliphatic heterocycles. The van der Waals surface area contributed by atoms with Gasteiger partial charge in [0, 0.05) is 35.9 Å². The van der Waals surface area contributed by atoms with Gasteiger partial charge in [0.2, 0.25) is 0 Å². The number of aliphatic imine (C=N–C) groups is 1. The maximum absolute atomic E-state index is 5.77. The molecule has 0 aromatic heterocycles. The van der Waals surface area contributed by atoms with Crippen molar-refractivity contribution < 1.29 is 4.74 Å². The van der Waals surface area contributed by atoms with Crippen LogP contribution in [0, 0.1) is 0 Å². The number of hydrogen-bond acceptors (Lipinski definition) is 3. The minimum Gasteiger partial charge on any atom is -0.378 e. The van der Waals surface area contributed by atoms with Crippen LogP contribution < -0.4 is 5.32 Å². The summed E-state index contributed by atoms with van der Waals surface area (Å²) in [4.78, 5) is 8.77. The number of benzene rings is 1. The maximum atomic E-state index is 5.77. The number of guanidine groups is 1. The first kappa shape index (κ1) is 21.8. The Morgan fingerprint density at radius 1 is 1.23 bits per heavy atom. The Morgan fingerprint density at radius 2 is 1.92 bits per heavy atom. The fraction of sp³-hybridized carbons (Fsp3) is 0.650. The van der Waals surface area contributed by atoms with Gasteiger partial charge in [0.05, 0.1) is 12.6 Å². The highest BCUT2D eigenvalue weighted by Crippen LogP contribution is 2.51. The molecule has 1 aromatic rings. The van der Waals surface area contributed by atoms with Crippen LogP contribution in [-0.4, -0.2) is 54.5 Å². The molecule has 0 amide bonds. The molecule has 1 saturated carbocycles. The van der Waals surface area contributed by atoms with Crippen LogP contribution in [0.2, 0.25) is 0 Å². The van der Waals surface area contributed by atoms with Crippen molar-refractivity contribution in [3.8, 4) is 0 Å². The standard InChI is InChI=1S/C20H31N3OS.HI/c1-3-21-19(23-14-10-17(11-15-23)24-4-2)22-16-20(12-13-20)25-18-8-6-5-7-9-18;/h5-9,17H,3-4,10-16H2,1-2H3,(H,21,22);1H. The average Bonchev–Trinajstić information content (AvgIpc) is 3.40. The van der Waals surface area contributed by atoms with Crippen molar-refractivity contribution in [2.24, 2.45) is 4.99 Å². The molecule has 1 N–H and O–H groups in total. The summed E-state index contributed by atoms with van der Waals surface area (Å²) in [5.74, 6) is 1.08. The molecule has 26 heavy (non-hydrogen) atoms. The van der Waals surface area contributed by atoms with Gasteiger partial charge in [-0.2, -0.15) is 0 Å². The number of halogens is 1. The molecule has 0 bridgehead atoms. The van der Waals surface area contributed by atoms with Crippen LogP contribution >= 0.6 is 35.7 Å². The first-order valence-electron chi connectivity index (χ1n) is 9.63. The molecule has 1 heterocycles. The number of piperidine rings is 1. The maximum Gasteiger partial charge on any atom is 0.193 e. The van der Waals surface area contributed by atoms with Crippen LogP contribution in [0.5, 0.6) is 0 Å². The third-order valence-corrected chi connectivity index (χ3v) is 6.36. The highest BCUT2D eigenvalue weighted by Gasteiger charge is 2.43. The smallest absolute Gasteiger partial charge is 0.193 e. The molecule has 1 aromatic carbocycles. The van der Waals surface area contributed by atoms with Gasteiger partial charge < -0.3 is 15.0 Å². The molecule has 0 unspecified atom stereocenters. The van der Waals surface area contributed by atoms with Gasteiger partial charge in [0.25, 0.3) is 0 Å². The van der Waals surface area contributed by atoms with E-state index >= 15 is 0 Å². The normalized spacial score (nSPS) is 19.8. The summed E-state index contributed by atoms with van der Waals surface area (Å²) >= 11 is 2.00. The van der Waals surface area contributed by atoms with E-state index in [-0.39, 0.29) is 24.0 Å². The Balaban J connectivity index is 0.00000243. The van der Waals surface area contributed by atoms with Gasteiger partial charge in [-0.25, -0.2) is 0 Å². The second-order valence-electron chi connectivity index (χ2n) is 6.91. The molecule has 1 aliphatic carbocycles. The molecule has 6 heteroatoms. The van der Waals surface area contributed by atoms with Gasteiger partial charge in [-0.3, -0.25) is 4.99 Å². The van der Waals surface area contributed by atoms with Gasteiger partial charge in [0.15, 0.2) is 5.96 Å². The van der Waals surface area contributed by atoms with Crippen LogP contribution in [0.25, 0.3) is 0 Å². The zero-order valence-electron chi connectivity index (χ0n) is 15.9. The monoisotopic (exact) mass is 489 g/mol. The van der Waals surface area contributed by atoms with Crippen molar-refractivity contribution in [3.63, 3.8) is 0 Å². The van der Waals surface area contributed by atoms with E-state index in [9.17, 15) is 0 Å². The van der Waals surface area contributed by atoms with E-state index in [1.54, 1.807) is 0 Å². The van der Waals surface area contributed by atoms with E-state index < -0.39 is 0 Å². The molecule has 146 valence electrons. The lowest BCUT2D eigenvalue weighted by Crippen LogP contribution is -2.47. The fourth-order valence-corrected chi connectivity index (χ4v) is 4.51. The van der Waals surface area contributed by atoms with Gasteiger partial charge in [-0.15, -0.1) is 35.7 Å². The zero-order valence-corrected chi connectivity index (χ0v) is 19.1. The predicted molar refractivity (Wildman–Crippen MR) is 122 cm³/mol. The lowest BCUT2D eigenvalue weighted by atomic mass is 10.1. The third-order valence-electron chi connectivity index (χ3n) is 4.88. The minimum absolute atomic E-state index is 0. The second-order valence-corrected chi connectivity index (χ2v) is 8.45. The molecule has 0 spiro atoms. The van der Waals surface area contributed by atoms with Gasteiger partial charge in [-0.05, 0) is 51.7 Å². The summed E-state index contributed by atoms with van der Waals surface area (Å²) in [6.07, 6.45) is 5.15. The summed E-state index contributed by atoms with van der Waals surface area (Å²) in [5, 5.41) is 3.49. The summed E-state index contributed by atoms with van der Waals surface area (Å²) in [7, 11) is 0. The topological polar surface area (TPSA) is 36.9 Å². The molecule has 0 atom stereocenters. The van der Waals surface area contributed by atoms with Gasteiger partial charge in [0.1, 0.15) is 0 Å². The highest BCUT2D eigenvalue weighted by molar-refractivity contribution is 14.0. The van der Waals surface area contributed by atoms with Crippen molar-refractivity contribution in [1.29, 1.82) is 0 Å². The van der Waals surface area contributed by atoms with E-state index in [2.05, 4.69) is 54.4 Å². The van der Waals surface area contributed by atoms with Crippen molar-refractivity contribution in [2.75, 3.05) is 32.8 Å². The number of nitrogens with zero attached hydrogens (tertiary/aromatic N) is 2. The van der Waals surface area contributed by atoms with E-state index in [4.69, 9.17) is 9.73 Å². The molecule has 4 nitrogen and oxygen atoms in total.